The quantitative estimate of drug-likeness (QED) is 0.196. The van der Waals surface area contributed by atoms with E-state index in [0.29, 0.717) is 23.3 Å². The first-order valence-electron chi connectivity index (χ1n) is 11.8. The molecule has 1 amide bonds. The van der Waals surface area contributed by atoms with Gasteiger partial charge in [0, 0.05) is 29.2 Å². The summed E-state index contributed by atoms with van der Waals surface area (Å²) in [5.41, 5.74) is 2.86. The summed E-state index contributed by atoms with van der Waals surface area (Å²) in [7, 11) is 3.11. The zero-order valence-corrected chi connectivity index (χ0v) is 20.4. The van der Waals surface area contributed by atoms with E-state index in [2.05, 4.69) is 4.98 Å². The minimum Gasteiger partial charge on any atom is -0.508 e. The maximum absolute atomic E-state index is 13.3. The highest BCUT2D eigenvalue weighted by Gasteiger charge is 2.45. The van der Waals surface area contributed by atoms with Crippen LogP contribution in [0.1, 0.15) is 22.7 Å². The molecule has 4 aromatic rings. The standard InChI is InChI=1S/C29H26N2O6/c1-36-21-5-3-4-18(14-21)27(33)25-26(17-6-8-20(32)9-7-17)31(29(35)28(25)34)13-12-19-16-30-24-11-10-22(37-2)15-23(19)24/h3-11,14-16,26,30,32-33H,12-13H2,1-2H3/b27-25-. The summed E-state index contributed by atoms with van der Waals surface area (Å²) >= 11 is 0. The van der Waals surface area contributed by atoms with Crippen LogP contribution in [0.2, 0.25) is 0 Å². The third-order valence-electron chi connectivity index (χ3n) is 6.69. The molecule has 1 fully saturated rings. The molecule has 0 bridgehead atoms. The highest BCUT2D eigenvalue weighted by atomic mass is 16.5. The number of H-pyrrole nitrogens is 1. The lowest BCUT2D eigenvalue weighted by atomic mass is 9.95. The number of nitrogens with one attached hydrogen (secondary N) is 1. The van der Waals surface area contributed by atoms with Gasteiger partial charge in [0.15, 0.2) is 0 Å². The van der Waals surface area contributed by atoms with Gasteiger partial charge in [-0.1, -0.05) is 24.3 Å². The van der Waals surface area contributed by atoms with Crippen molar-refractivity contribution in [2.75, 3.05) is 20.8 Å². The van der Waals surface area contributed by atoms with E-state index in [4.69, 9.17) is 9.47 Å². The molecule has 2 heterocycles. The fourth-order valence-corrected chi connectivity index (χ4v) is 4.77. The number of aromatic hydroxyl groups is 1. The van der Waals surface area contributed by atoms with Crippen LogP contribution in [0.25, 0.3) is 16.7 Å². The number of ketones is 1. The van der Waals surface area contributed by atoms with Crippen LogP contribution in [0, 0.1) is 0 Å². The summed E-state index contributed by atoms with van der Waals surface area (Å²) < 4.78 is 10.6. The van der Waals surface area contributed by atoms with Crippen molar-refractivity contribution in [3.8, 4) is 17.2 Å². The van der Waals surface area contributed by atoms with Crippen molar-refractivity contribution in [3.63, 3.8) is 0 Å². The van der Waals surface area contributed by atoms with Crippen molar-refractivity contribution in [1.29, 1.82) is 0 Å². The Labute approximate surface area is 213 Å². The van der Waals surface area contributed by atoms with Gasteiger partial charge in [-0.2, -0.15) is 0 Å². The number of likely N-dealkylation sites (tertiary alicyclic amines) is 1. The summed E-state index contributed by atoms with van der Waals surface area (Å²) in [6, 6.07) is 17.9. The predicted octanol–water partition coefficient (Wildman–Crippen LogP) is 4.56. The number of carbonyl (C=O) groups excluding carboxylic acids is 2. The van der Waals surface area contributed by atoms with E-state index in [1.807, 2.05) is 24.4 Å². The number of hydrogen-bond donors (Lipinski definition) is 3. The van der Waals surface area contributed by atoms with E-state index in [0.717, 1.165) is 22.2 Å². The molecule has 188 valence electrons. The molecular weight excluding hydrogens is 472 g/mol. The minimum atomic E-state index is -0.827. The van der Waals surface area contributed by atoms with E-state index >= 15 is 0 Å². The normalized spacial score (nSPS) is 16.9. The Morgan fingerprint density at radius 1 is 0.973 bits per heavy atom. The number of aromatic amines is 1. The van der Waals surface area contributed by atoms with Crippen LogP contribution in [0.15, 0.2) is 78.5 Å². The van der Waals surface area contributed by atoms with Crippen molar-refractivity contribution < 1.29 is 29.3 Å². The molecule has 1 saturated heterocycles. The number of aromatic nitrogens is 1. The number of carbonyl (C=O) groups is 2. The SMILES string of the molecule is COc1cccc(/C(O)=C2/C(=O)C(=O)N(CCc3c[nH]c4ccc(OC)cc34)C2c2ccc(O)cc2)c1. The third-order valence-corrected chi connectivity index (χ3v) is 6.69. The van der Waals surface area contributed by atoms with Crippen LogP contribution in [-0.4, -0.2) is 52.6 Å². The number of aliphatic hydroxyl groups excluding tert-OH is 1. The highest BCUT2D eigenvalue weighted by Crippen LogP contribution is 2.40. The summed E-state index contributed by atoms with van der Waals surface area (Å²) in [6.07, 6.45) is 2.35. The fourth-order valence-electron chi connectivity index (χ4n) is 4.77. The van der Waals surface area contributed by atoms with E-state index in [1.54, 1.807) is 43.5 Å². The molecule has 5 rings (SSSR count). The predicted molar refractivity (Wildman–Crippen MR) is 139 cm³/mol. The second-order valence-electron chi connectivity index (χ2n) is 8.79. The van der Waals surface area contributed by atoms with Crippen molar-refractivity contribution in [2.24, 2.45) is 0 Å². The number of ether oxygens (including phenoxy) is 2. The minimum absolute atomic E-state index is 0.00969. The number of Topliss-reactive ketones (excluding diaryl/α,β-unsaturated/α-hetero) is 1. The van der Waals surface area contributed by atoms with Crippen LogP contribution >= 0.6 is 0 Å². The first kappa shape index (κ1) is 24.0. The van der Waals surface area contributed by atoms with Crippen LogP contribution in [0.4, 0.5) is 0 Å². The lowest BCUT2D eigenvalue weighted by Crippen LogP contribution is -2.31. The average molecular weight is 499 g/mol. The number of aliphatic hydroxyl groups is 1. The summed E-state index contributed by atoms with van der Waals surface area (Å²) in [5, 5.41) is 22.0. The number of hydrogen-bond acceptors (Lipinski definition) is 6. The van der Waals surface area contributed by atoms with Crippen molar-refractivity contribution in [2.45, 2.75) is 12.5 Å². The summed E-state index contributed by atoms with van der Waals surface area (Å²) in [4.78, 5) is 31.3. The zero-order chi connectivity index (χ0) is 26.1. The smallest absolute Gasteiger partial charge is 0.295 e. The van der Waals surface area contributed by atoms with Gasteiger partial charge in [-0.3, -0.25) is 9.59 Å². The second kappa shape index (κ2) is 9.73. The molecule has 37 heavy (non-hydrogen) atoms. The van der Waals surface area contributed by atoms with E-state index in [9.17, 15) is 19.8 Å². The molecule has 8 heteroatoms. The van der Waals surface area contributed by atoms with Gasteiger partial charge in [0.2, 0.25) is 0 Å². The van der Waals surface area contributed by atoms with Crippen LogP contribution in [0.3, 0.4) is 0 Å². The lowest BCUT2D eigenvalue weighted by molar-refractivity contribution is -0.139. The molecule has 1 aromatic heterocycles. The van der Waals surface area contributed by atoms with Gasteiger partial charge < -0.3 is 29.6 Å². The molecule has 0 spiro atoms. The number of nitrogens with zero attached hydrogens (tertiary/aromatic N) is 1. The highest BCUT2D eigenvalue weighted by molar-refractivity contribution is 6.46. The average Bonchev–Trinajstić information content (AvgIpc) is 3.44. The van der Waals surface area contributed by atoms with Crippen LogP contribution < -0.4 is 9.47 Å². The Hall–Kier alpha value is -4.72. The van der Waals surface area contributed by atoms with Gasteiger partial charge in [-0.25, -0.2) is 0 Å². The second-order valence-corrected chi connectivity index (χ2v) is 8.79. The molecule has 0 radical (unpaired) electrons. The van der Waals surface area contributed by atoms with Gasteiger partial charge in [-0.15, -0.1) is 0 Å². The zero-order valence-electron chi connectivity index (χ0n) is 20.4. The topological polar surface area (TPSA) is 112 Å². The number of fused-ring (bicyclic) bond motifs is 1. The molecule has 1 atom stereocenters. The van der Waals surface area contributed by atoms with Gasteiger partial charge in [0.05, 0.1) is 25.8 Å². The van der Waals surface area contributed by atoms with E-state index in [-0.39, 0.29) is 23.6 Å². The number of phenols is 1. The van der Waals surface area contributed by atoms with Crippen LogP contribution in [-0.2, 0) is 16.0 Å². The Morgan fingerprint density at radius 3 is 2.43 bits per heavy atom. The monoisotopic (exact) mass is 498 g/mol. The number of methoxy groups -OCH3 is 2. The van der Waals surface area contributed by atoms with Gasteiger partial charge in [0.1, 0.15) is 23.0 Å². The van der Waals surface area contributed by atoms with Crippen LogP contribution in [0.5, 0.6) is 17.2 Å². The fraction of sp³-hybridized carbons (Fsp3) is 0.172. The molecule has 1 aliphatic heterocycles. The molecule has 3 N–H and O–H groups in total. The molecule has 1 aliphatic rings. The third kappa shape index (κ3) is 4.38. The van der Waals surface area contributed by atoms with E-state index < -0.39 is 17.7 Å². The summed E-state index contributed by atoms with van der Waals surface area (Å²) in [5.74, 6) is -0.458. The Morgan fingerprint density at radius 2 is 1.70 bits per heavy atom. The molecule has 0 saturated carbocycles. The maximum atomic E-state index is 13.3. The number of amides is 1. The van der Waals surface area contributed by atoms with Gasteiger partial charge in [0.25, 0.3) is 11.7 Å². The van der Waals surface area contributed by atoms with Crippen molar-refractivity contribution in [1.82, 2.24) is 9.88 Å². The number of benzene rings is 3. The largest absolute Gasteiger partial charge is 0.508 e. The molecule has 1 unspecified atom stereocenters. The Balaban J connectivity index is 1.56. The van der Waals surface area contributed by atoms with Gasteiger partial charge >= 0.3 is 0 Å². The number of phenolic OH excluding ortho intramolecular Hbond substituents is 1. The first-order valence-corrected chi connectivity index (χ1v) is 11.8. The first-order chi connectivity index (χ1) is 17.9. The number of rotatable bonds is 7. The molecule has 8 nitrogen and oxygen atoms in total. The molecule has 3 aromatic carbocycles. The van der Waals surface area contributed by atoms with Crippen molar-refractivity contribution >= 4 is 28.4 Å². The summed E-state index contributed by atoms with van der Waals surface area (Å²) in [6.45, 7) is 0.231. The molecular formula is C29H26N2O6. The Kier molecular flexibility index (Phi) is 6.31. The maximum Gasteiger partial charge on any atom is 0.295 e. The lowest BCUT2D eigenvalue weighted by Gasteiger charge is -2.25. The van der Waals surface area contributed by atoms with Crippen molar-refractivity contribution in [3.05, 3.63) is 95.2 Å². The van der Waals surface area contributed by atoms with Gasteiger partial charge in [-0.05, 0) is 60.0 Å². The molecule has 0 aliphatic carbocycles. The Bertz CT molecular complexity index is 1520. The van der Waals surface area contributed by atoms with E-state index in [1.165, 1.54) is 24.1 Å².